The molecule has 18 heavy (non-hydrogen) atoms. The van der Waals surface area contributed by atoms with Crippen LogP contribution in [0.5, 0.6) is 0 Å². The highest BCUT2D eigenvalue weighted by atomic mass is 16.2. The molecule has 4 heteroatoms. The summed E-state index contributed by atoms with van der Waals surface area (Å²) in [5.74, 6) is 1.28. The molecule has 1 amide bonds. The summed E-state index contributed by atoms with van der Waals surface area (Å²) < 4.78 is 0. The number of amides is 1. The summed E-state index contributed by atoms with van der Waals surface area (Å²) in [5, 5.41) is 0. The van der Waals surface area contributed by atoms with E-state index in [4.69, 9.17) is 0 Å². The van der Waals surface area contributed by atoms with E-state index in [0.29, 0.717) is 5.41 Å². The highest BCUT2D eigenvalue weighted by molar-refractivity contribution is 5.73. The Labute approximate surface area is 108 Å². The molecule has 0 aromatic carbocycles. The van der Waals surface area contributed by atoms with Crippen molar-refractivity contribution in [1.82, 2.24) is 9.88 Å². The number of aromatic nitrogens is 1. The van der Waals surface area contributed by atoms with Crippen molar-refractivity contribution in [2.75, 3.05) is 31.1 Å². The predicted octanol–water partition coefficient (Wildman–Crippen LogP) is 1.45. The van der Waals surface area contributed by atoms with Crippen LogP contribution in [0.1, 0.15) is 19.0 Å². The van der Waals surface area contributed by atoms with Gasteiger partial charge in [0, 0.05) is 44.2 Å². The fourth-order valence-corrected chi connectivity index (χ4v) is 3.09. The van der Waals surface area contributed by atoms with Crippen molar-refractivity contribution in [2.45, 2.75) is 20.3 Å². The molecule has 1 aromatic rings. The van der Waals surface area contributed by atoms with Gasteiger partial charge in [0.1, 0.15) is 5.82 Å². The van der Waals surface area contributed by atoms with Crippen LogP contribution in [-0.2, 0) is 4.79 Å². The number of rotatable bonds is 1. The maximum absolute atomic E-state index is 11.4. The van der Waals surface area contributed by atoms with Gasteiger partial charge >= 0.3 is 0 Å². The summed E-state index contributed by atoms with van der Waals surface area (Å²) in [6.07, 6.45) is 1.13. The van der Waals surface area contributed by atoms with Crippen molar-refractivity contribution in [3.63, 3.8) is 0 Å². The molecule has 4 nitrogen and oxygen atoms in total. The van der Waals surface area contributed by atoms with Gasteiger partial charge in [-0.3, -0.25) is 4.79 Å². The Kier molecular flexibility index (Phi) is 2.54. The van der Waals surface area contributed by atoms with Crippen molar-refractivity contribution in [2.24, 2.45) is 5.41 Å². The molecule has 96 valence electrons. The minimum Gasteiger partial charge on any atom is -0.355 e. The largest absolute Gasteiger partial charge is 0.355 e. The molecule has 0 atom stereocenters. The molecule has 2 fully saturated rings. The van der Waals surface area contributed by atoms with Crippen LogP contribution in [0.3, 0.4) is 0 Å². The summed E-state index contributed by atoms with van der Waals surface area (Å²) in [5.41, 5.74) is 1.39. The SMILES string of the molecule is CC(=O)N1CCC2(C1)CN(c1cccc(C)n1)C2. The number of pyridine rings is 1. The molecule has 2 saturated heterocycles. The van der Waals surface area contributed by atoms with Crippen LogP contribution < -0.4 is 4.90 Å². The third-order valence-corrected chi connectivity index (χ3v) is 4.13. The molecule has 3 heterocycles. The quantitative estimate of drug-likeness (QED) is 0.751. The standard InChI is InChI=1S/C14H19N3O/c1-11-4-3-5-13(15-11)17-9-14(10-17)6-7-16(8-14)12(2)18/h3-5H,6-10H2,1-2H3. The van der Waals surface area contributed by atoms with Gasteiger partial charge in [-0.2, -0.15) is 0 Å². The van der Waals surface area contributed by atoms with Gasteiger partial charge in [-0.05, 0) is 25.5 Å². The van der Waals surface area contributed by atoms with E-state index >= 15 is 0 Å². The van der Waals surface area contributed by atoms with E-state index in [1.165, 1.54) is 0 Å². The minimum atomic E-state index is 0.207. The lowest BCUT2D eigenvalue weighted by molar-refractivity contribution is -0.128. The van der Waals surface area contributed by atoms with Gasteiger partial charge < -0.3 is 9.80 Å². The van der Waals surface area contributed by atoms with Crippen molar-refractivity contribution in [3.05, 3.63) is 23.9 Å². The molecule has 2 aliphatic rings. The molecular formula is C14H19N3O. The van der Waals surface area contributed by atoms with Crippen LogP contribution in [0.15, 0.2) is 18.2 Å². The first-order valence-corrected chi connectivity index (χ1v) is 6.52. The highest BCUT2D eigenvalue weighted by Crippen LogP contribution is 2.41. The van der Waals surface area contributed by atoms with Gasteiger partial charge in [0.05, 0.1) is 0 Å². The second kappa shape index (κ2) is 3.97. The van der Waals surface area contributed by atoms with E-state index in [-0.39, 0.29) is 5.91 Å². The van der Waals surface area contributed by atoms with E-state index in [1.54, 1.807) is 6.92 Å². The summed E-state index contributed by atoms with van der Waals surface area (Å²) in [4.78, 5) is 20.2. The number of carbonyl (C=O) groups is 1. The number of aryl methyl sites for hydroxylation is 1. The summed E-state index contributed by atoms with van der Waals surface area (Å²) in [6, 6.07) is 6.14. The van der Waals surface area contributed by atoms with Crippen molar-refractivity contribution < 1.29 is 4.79 Å². The summed E-state index contributed by atoms with van der Waals surface area (Å²) >= 11 is 0. The van der Waals surface area contributed by atoms with Crippen LogP contribution in [-0.4, -0.2) is 42.0 Å². The Morgan fingerprint density at radius 1 is 1.33 bits per heavy atom. The lowest BCUT2D eigenvalue weighted by Crippen LogP contribution is -2.58. The lowest BCUT2D eigenvalue weighted by Gasteiger charge is -2.48. The maximum Gasteiger partial charge on any atom is 0.219 e. The van der Waals surface area contributed by atoms with E-state index in [1.807, 2.05) is 17.9 Å². The number of anilines is 1. The van der Waals surface area contributed by atoms with E-state index < -0.39 is 0 Å². The van der Waals surface area contributed by atoms with Gasteiger partial charge in [-0.1, -0.05) is 6.07 Å². The molecule has 0 aliphatic carbocycles. The third kappa shape index (κ3) is 1.85. The molecule has 0 radical (unpaired) electrons. The Morgan fingerprint density at radius 3 is 2.72 bits per heavy atom. The topological polar surface area (TPSA) is 36.4 Å². The molecule has 1 spiro atoms. The molecular weight excluding hydrogens is 226 g/mol. The Morgan fingerprint density at radius 2 is 2.11 bits per heavy atom. The zero-order valence-electron chi connectivity index (χ0n) is 11.0. The monoisotopic (exact) mass is 245 g/mol. The molecule has 0 N–H and O–H groups in total. The first-order chi connectivity index (χ1) is 8.58. The number of nitrogens with zero attached hydrogens (tertiary/aromatic N) is 3. The maximum atomic E-state index is 11.4. The molecule has 0 unspecified atom stereocenters. The fourth-order valence-electron chi connectivity index (χ4n) is 3.09. The van der Waals surface area contributed by atoms with Gasteiger partial charge in [0.2, 0.25) is 5.91 Å². The zero-order valence-corrected chi connectivity index (χ0v) is 11.0. The van der Waals surface area contributed by atoms with Crippen molar-refractivity contribution in [3.8, 4) is 0 Å². The van der Waals surface area contributed by atoms with Crippen LogP contribution in [0, 0.1) is 12.3 Å². The number of hydrogen-bond donors (Lipinski definition) is 0. The average Bonchev–Trinajstić information content (AvgIpc) is 2.72. The van der Waals surface area contributed by atoms with Crippen LogP contribution >= 0.6 is 0 Å². The number of hydrogen-bond acceptors (Lipinski definition) is 3. The van der Waals surface area contributed by atoms with Crippen LogP contribution in [0.2, 0.25) is 0 Å². The summed E-state index contributed by atoms with van der Waals surface area (Å²) in [6.45, 7) is 7.60. The van der Waals surface area contributed by atoms with Gasteiger partial charge in [-0.15, -0.1) is 0 Å². The second-order valence-corrected chi connectivity index (χ2v) is 5.68. The van der Waals surface area contributed by atoms with Gasteiger partial charge in [0.15, 0.2) is 0 Å². The smallest absolute Gasteiger partial charge is 0.219 e. The number of carbonyl (C=O) groups excluding carboxylic acids is 1. The second-order valence-electron chi connectivity index (χ2n) is 5.68. The fraction of sp³-hybridized carbons (Fsp3) is 0.571. The van der Waals surface area contributed by atoms with Crippen LogP contribution in [0.25, 0.3) is 0 Å². The Balaban J connectivity index is 1.65. The average molecular weight is 245 g/mol. The van der Waals surface area contributed by atoms with E-state index in [9.17, 15) is 4.79 Å². The minimum absolute atomic E-state index is 0.207. The highest BCUT2D eigenvalue weighted by Gasteiger charge is 2.48. The van der Waals surface area contributed by atoms with Gasteiger partial charge in [-0.25, -0.2) is 4.98 Å². The first kappa shape index (κ1) is 11.5. The molecule has 0 saturated carbocycles. The van der Waals surface area contributed by atoms with E-state index in [0.717, 1.165) is 44.1 Å². The van der Waals surface area contributed by atoms with Gasteiger partial charge in [0.25, 0.3) is 0 Å². The van der Waals surface area contributed by atoms with Crippen LogP contribution in [0.4, 0.5) is 5.82 Å². The summed E-state index contributed by atoms with van der Waals surface area (Å²) in [7, 11) is 0. The van der Waals surface area contributed by atoms with E-state index in [2.05, 4.69) is 22.0 Å². The molecule has 1 aromatic heterocycles. The molecule has 3 rings (SSSR count). The van der Waals surface area contributed by atoms with Crippen molar-refractivity contribution >= 4 is 11.7 Å². The normalized spacial score (nSPS) is 21.2. The number of likely N-dealkylation sites (tertiary alicyclic amines) is 1. The third-order valence-electron chi connectivity index (χ3n) is 4.13. The molecule has 0 bridgehead atoms. The lowest BCUT2D eigenvalue weighted by atomic mass is 9.79. The zero-order chi connectivity index (χ0) is 12.8. The van der Waals surface area contributed by atoms with Crippen molar-refractivity contribution in [1.29, 1.82) is 0 Å². The molecule has 2 aliphatic heterocycles. The Bertz CT molecular complexity index is 480. The first-order valence-electron chi connectivity index (χ1n) is 6.52. The Hall–Kier alpha value is -1.58. The predicted molar refractivity (Wildman–Crippen MR) is 70.5 cm³/mol.